The minimum Gasteiger partial charge on any atom is -0.339 e. The first kappa shape index (κ1) is 11.9. The van der Waals surface area contributed by atoms with Crippen LogP contribution in [0.25, 0.3) is 0 Å². The lowest BCUT2D eigenvalue weighted by Crippen LogP contribution is -2.26. The zero-order chi connectivity index (χ0) is 11.4. The van der Waals surface area contributed by atoms with Crippen molar-refractivity contribution in [2.75, 3.05) is 13.1 Å². The number of nitrogens with zero attached hydrogens (tertiary/aromatic N) is 2. The highest BCUT2D eigenvalue weighted by molar-refractivity contribution is 7.99. The molecule has 2 rings (SSSR count). The van der Waals surface area contributed by atoms with E-state index in [9.17, 15) is 0 Å². The average molecular weight is 241 g/mol. The van der Waals surface area contributed by atoms with Crippen LogP contribution in [0.5, 0.6) is 0 Å². The van der Waals surface area contributed by atoms with Gasteiger partial charge in [-0.1, -0.05) is 19.0 Å². The Morgan fingerprint density at radius 1 is 1.44 bits per heavy atom. The van der Waals surface area contributed by atoms with Gasteiger partial charge in [0.05, 0.1) is 5.75 Å². The lowest BCUT2D eigenvalue weighted by Gasteiger charge is -2.18. The molecule has 4 nitrogen and oxygen atoms in total. The standard InChI is InChI=1S/C11H19N3OS/c1-8(2)16-7-10-13-11(15-14-10)9-3-5-12-6-4-9/h8-9,12H,3-7H2,1-2H3. The minimum absolute atomic E-state index is 0.464. The number of rotatable bonds is 4. The van der Waals surface area contributed by atoms with Gasteiger partial charge in [-0.2, -0.15) is 16.7 Å². The van der Waals surface area contributed by atoms with E-state index >= 15 is 0 Å². The molecule has 0 spiro atoms. The Hall–Kier alpha value is -0.550. The molecular formula is C11H19N3OS. The topological polar surface area (TPSA) is 51.0 Å². The van der Waals surface area contributed by atoms with Gasteiger partial charge in [0.2, 0.25) is 5.89 Å². The van der Waals surface area contributed by atoms with Gasteiger partial charge in [-0.3, -0.25) is 0 Å². The van der Waals surface area contributed by atoms with Crippen LogP contribution in [0, 0.1) is 0 Å². The van der Waals surface area contributed by atoms with E-state index in [4.69, 9.17) is 4.52 Å². The number of hydrogen-bond acceptors (Lipinski definition) is 5. The maximum absolute atomic E-state index is 5.33. The van der Waals surface area contributed by atoms with Crippen LogP contribution >= 0.6 is 11.8 Å². The second kappa shape index (κ2) is 5.68. The molecule has 0 unspecified atom stereocenters. The third-order valence-corrected chi connectivity index (χ3v) is 3.81. The van der Waals surface area contributed by atoms with Gasteiger partial charge in [0.15, 0.2) is 5.82 Å². The molecule has 1 aliphatic rings. The molecule has 90 valence electrons. The van der Waals surface area contributed by atoms with Crippen molar-refractivity contribution in [3.63, 3.8) is 0 Å². The SMILES string of the molecule is CC(C)SCc1noc(C2CCNCC2)n1. The predicted octanol–water partition coefficient (Wildman–Crippen LogP) is 2.18. The molecule has 1 aromatic rings. The van der Waals surface area contributed by atoms with Crippen LogP contribution in [-0.4, -0.2) is 28.5 Å². The van der Waals surface area contributed by atoms with E-state index in [1.165, 1.54) is 0 Å². The van der Waals surface area contributed by atoms with E-state index in [1.54, 1.807) is 0 Å². The van der Waals surface area contributed by atoms with Crippen LogP contribution < -0.4 is 5.32 Å². The summed E-state index contributed by atoms with van der Waals surface area (Å²) >= 11 is 1.85. The average Bonchev–Trinajstić information content (AvgIpc) is 2.76. The second-order valence-electron chi connectivity index (χ2n) is 4.43. The molecule has 2 heterocycles. The van der Waals surface area contributed by atoms with E-state index in [1.807, 2.05) is 11.8 Å². The maximum Gasteiger partial charge on any atom is 0.229 e. The summed E-state index contributed by atoms with van der Waals surface area (Å²) in [6.45, 7) is 6.48. The van der Waals surface area contributed by atoms with Crippen molar-refractivity contribution in [2.24, 2.45) is 0 Å². The lowest BCUT2D eigenvalue weighted by molar-refractivity contribution is 0.318. The fourth-order valence-corrected chi connectivity index (χ4v) is 2.40. The molecule has 5 heteroatoms. The molecule has 1 aromatic heterocycles. The molecule has 1 fully saturated rings. The third kappa shape index (κ3) is 3.22. The zero-order valence-corrected chi connectivity index (χ0v) is 10.7. The molecule has 0 radical (unpaired) electrons. The fraction of sp³-hybridized carbons (Fsp3) is 0.818. The molecule has 0 bridgehead atoms. The number of piperidine rings is 1. The quantitative estimate of drug-likeness (QED) is 0.875. The summed E-state index contributed by atoms with van der Waals surface area (Å²) in [6, 6.07) is 0. The summed E-state index contributed by atoms with van der Waals surface area (Å²) in [5.74, 6) is 2.99. The summed E-state index contributed by atoms with van der Waals surface area (Å²) in [7, 11) is 0. The van der Waals surface area contributed by atoms with Crippen molar-refractivity contribution in [3.8, 4) is 0 Å². The van der Waals surface area contributed by atoms with E-state index in [-0.39, 0.29) is 0 Å². The van der Waals surface area contributed by atoms with Gasteiger partial charge in [0, 0.05) is 5.92 Å². The van der Waals surface area contributed by atoms with Crippen LogP contribution in [0.4, 0.5) is 0 Å². The smallest absolute Gasteiger partial charge is 0.229 e. The lowest BCUT2D eigenvalue weighted by atomic mass is 9.98. The maximum atomic E-state index is 5.33. The first-order valence-electron chi connectivity index (χ1n) is 5.90. The van der Waals surface area contributed by atoms with Crippen LogP contribution in [0.15, 0.2) is 4.52 Å². The predicted molar refractivity (Wildman–Crippen MR) is 65.6 cm³/mol. The number of nitrogens with one attached hydrogen (secondary N) is 1. The fourth-order valence-electron chi connectivity index (χ4n) is 1.80. The van der Waals surface area contributed by atoms with Gasteiger partial charge in [0.1, 0.15) is 0 Å². The number of aromatic nitrogens is 2. The Labute approximate surface area is 101 Å². The molecule has 0 atom stereocenters. The van der Waals surface area contributed by atoms with Crippen molar-refractivity contribution in [1.29, 1.82) is 0 Å². The van der Waals surface area contributed by atoms with E-state index in [2.05, 4.69) is 29.3 Å². The number of hydrogen-bond donors (Lipinski definition) is 1. The molecule has 1 saturated heterocycles. The first-order valence-corrected chi connectivity index (χ1v) is 6.95. The van der Waals surface area contributed by atoms with Crippen molar-refractivity contribution in [3.05, 3.63) is 11.7 Å². The van der Waals surface area contributed by atoms with Crippen LogP contribution in [0.2, 0.25) is 0 Å². The Kier molecular flexibility index (Phi) is 4.23. The molecule has 1 aliphatic heterocycles. The minimum atomic E-state index is 0.464. The van der Waals surface area contributed by atoms with Gasteiger partial charge < -0.3 is 9.84 Å². The molecule has 0 aromatic carbocycles. The summed E-state index contributed by atoms with van der Waals surface area (Å²) in [4.78, 5) is 4.48. The first-order chi connectivity index (χ1) is 7.75. The highest BCUT2D eigenvalue weighted by atomic mass is 32.2. The Balaban J connectivity index is 1.90. The Bertz CT molecular complexity index is 321. The zero-order valence-electron chi connectivity index (χ0n) is 9.90. The summed E-state index contributed by atoms with van der Waals surface area (Å²) in [6.07, 6.45) is 2.22. The molecule has 0 saturated carbocycles. The van der Waals surface area contributed by atoms with Crippen LogP contribution in [-0.2, 0) is 5.75 Å². The van der Waals surface area contributed by atoms with Gasteiger partial charge in [-0.25, -0.2) is 0 Å². The highest BCUT2D eigenvalue weighted by Crippen LogP contribution is 2.24. The van der Waals surface area contributed by atoms with Gasteiger partial charge in [0.25, 0.3) is 0 Å². The van der Waals surface area contributed by atoms with Crippen molar-refractivity contribution >= 4 is 11.8 Å². The number of thioether (sulfide) groups is 1. The van der Waals surface area contributed by atoms with Crippen molar-refractivity contribution < 1.29 is 4.52 Å². The summed E-state index contributed by atoms with van der Waals surface area (Å²) < 4.78 is 5.33. The van der Waals surface area contributed by atoms with Crippen LogP contribution in [0.3, 0.4) is 0 Å². The van der Waals surface area contributed by atoms with Gasteiger partial charge in [-0.05, 0) is 31.2 Å². The molecule has 16 heavy (non-hydrogen) atoms. The van der Waals surface area contributed by atoms with E-state index < -0.39 is 0 Å². The van der Waals surface area contributed by atoms with Crippen molar-refractivity contribution in [2.45, 2.75) is 43.6 Å². The largest absolute Gasteiger partial charge is 0.339 e. The van der Waals surface area contributed by atoms with Crippen molar-refractivity contribution in [1.82, 2.24) is 15.5 Å². The third-order valence-electron chi connectivity index (χ3n) is 2.72. The van der Waals surface area contributed by atoms with E-state index in [0.717, 1.165) is 43.4 Å². The summed E-state index contributed by atoms with van der Waals surface area (Å²) in [5.41, 5.74) is 0. The Morgan fingerprint density at radius 2 is 2.19 bits per heavy atom. The van der Waals surface area contributed by atoms with Gasteiger partial charge >= 0.3 is 0 Å². The van der Waals surface area contributed by atoms with E-state index in [0.29, 0.717) is 11.2 Å². The molecular weight excluding hydrogens is 222 g/mol. The van der Waals surface area contributed by atoms with Gasteiger partial charge in [-0.15, -0.1) is 0 Å². The monoisotopic (exact) mass is 241 g/mol. The molecule has 0 amide bonds. The molecule has 0 aliphatic carbocycles. The van der Waals surface area contributed by atoms with Crippen LogP contribution in [0.1, 0.15) is 44.3 Å². The normalized spacial score (nSPS) is 18.2. The Morgan fingerprint density at radius 3 is 2.88 bits per heavy atom. The molecule has 1 N–H and O–H groups in total. The second-order valence-corrected chi connectivity index (χ2v) is 6.00. The highest BCUT2D eigenvalue weighted by Gasteiger charge is 2.21. The summed E-state index contributed by atoms with van der Waals surface area (Å²) in [5, 5.41) is 7.99.